The maximum absolute atomic E-state index is 11.7. The molecule has 1 atom stereocenters. The molecule has 0 amide bonds. The number of hydrogen-bond donors (Lipinski definition) is 1. The zero-order chi connectivity index (χ0) is 11.7. The number of halogens is 2. The fourth-order valence-corrected chi connectivity index (χ4v) is 1.31. The fourth-order valence-electron chi connectivity index (χ4n) is 1.31. The topological polar surface area (TPSA) is 24.5 Å². The highest BCUT2D eigenvalue weighted by atomic mass is 19.3. The third kappa shape index (κ3) is 11.7. The second-order valence-corrected chi connectivity index (χ2v) is 3.94. The zero-order valence-corrected chi connectivity index (χ0v) is 9.80. The number of alkyl halides is 2. The van der Waals surface area contributed by atoms with Gasteiger partial charge in [-0.1, -0.05) is 0 Å². The van der Waals surface area contributed by atoms with Gasteiger partial charge in [0.25, 0.3) is 6.43 Å². The lowest BCUT2D eigenvalue weighted by Gasteiger charge is -2.18. The van der Waals surface area contributed by atoms with Crippen molar-refractivity contribution in [1.29, 1.82) is 0 Å². The first-order valence-corrected chi connectivity index (χ1v) is 5.26. The molecule has 0 heterocycles. The van der Waals surface area contributed by atoms with Crippen LogP contribution in [0.1, 0.15) is 13.3 Å². The predicted molar refractivity (Wildman–Crippen MR) is 57.5 cm³/mol. The molecule has 3 nitrogen and oxygen atoms in total. The molecule has 0 aromatic heterocycles. The molecule has 0 saturated carbocycles. The van der Waals surface area contributed by atoms with E-state index in [1.807, 2.05) is 14.1 Å². The van der Waals surface area contributed by atoms with Gasteiger partial charge in [-0.25, -0.2) is 8.78 Å². The molecule has 1 unspecified atom stereocenters. The van der Waals surface area contributed by atoms with Gasteiger partial charge in [0.1, 0.15) is 6.61 Å². The minimum absolute atomic E-state index is 0.395. The largest absolute Gasteiger partial charge is 0.375 e. The van der Waals surface area contributed by atoms with E-state index in [0.29, 0.717) is 12.6 Å². The molecule has 0 saturated heterocycles. The van der Waals surface area contributed by atoms with Gasteiger partial charge < -0.3 is 15.0 Å². The van der Waals surface area contributed by atoms with Gasteiger partial charge in [0, 0.05) is 19.2 Å². The molecule has 0 radical (unpaired) electrons. The molecular weight excluding hydrogens is 202 g/mol. The molecule has 92 valence electrons. The smallest absolute Gasteiger partial charge is 0.261 e. The van der Waals surface area contributed by atoms with E-state index in [0.717, 1.165) is 19.5 Å². The van der Waals surface area contributed by atoms with Gasteiger partial charge in [-0.2, -0.15) is 0 Å². The number of ether oxygens (including phenoxy) is 1. The first kappa shape index (κ1) is 14.7. The van der Waals surface area contributed by atoms with E-state index in [-0.39, 0.29) is 0 Å². The minimum atomic E-state index is -2.36. The third-order valence-electron chi connectivity index (χ3n) is 1.84. The molecular formula is C10H22F2N2O. The Balaban J connectivity index is 3.16. The lowest BCUT2D eigenvalue weighted by atomic mass is 10.3. The highest BCUT2D eigenvalue weighted by Gasteiger charge is 2.03. The molecule has 0 aliphatic carbocycles. The van der Waals surface area contributed by atoms with Crippen LogP contribution >= 0.6 is 0 Å². The summed E-state index contributed by atoms with van der Waals surface area (Å²) in [5, 5.41) is 3.29. The summed E-state index contributed by atoms with van der Waals surface area (Å²) in [6, 6.07) is 0.412. The van der Waals surface area contributed by atoms with Gasteiger partial charge in [-0.3, -0.25) is 0 Å². The molecule has 0 spiro atoms. The number of rotatable bonds is 9. The van der Waals surface area contributed by atoms with Gasteiger partial charge in [0.2, 0.25) is 0 Å². The average molecular weight is 224 g/mol. The van der Waals surface area contributed by atoms with Crippen LogP contribution in [0.4, 0.5) is 8.78 Å². The van der Waals surface area contributed by atoms with Gasteiger partial charge in [-0.05, 0) is 34.0 Å². The highest BCUT2D eigenvalue weighted by Crippen LogP contribution is 1.93. The highest BCUT2D eigenvalue weighted by molar-refractivity contribution is 4.62. The van der Waals surface area contributed by atoms with Crippen molar-refractivity contribution in [2.45, 2.75) is 25.8 Å². The number of hydrogen-bond acceptors (Lipinski definition) is 3. The van der Waals surface area contributed by atoms with E-state index in [9.17, 15) is 8.78 Å². The second kappa shape index (κ2) is 9.00. The number of nitrogens with zero attached hydrogens (tertiary/aromatic N) is 1. The molecule has 0 rings (SSSR count). The van der Waals surface area contributed by atoms with Crippen molar-refractivity contribution in [3.8, 4) is 0 Å². The lowest BCUT2D eigenvalue weighted by Crippen LogP contribution is -2.36. The molecule has 5 heteroatoms. The summed E-state index contributed by atoms with van der Waals surface area (Å²) in [6.07, 6.45) is -1.59. The monoisotopic (exact) mass is 224 g/mol. The quantitative estimate of drug-likeness (QED) is 0.596. The fraction of sp³-hybridized carbons (Fsp3) is 1.00. The van der Waals surface area contributed by atoms with Crippen LogP contribution in [-0.4, -0.2) is 57.8 Å². The normalized spacial score (nSPS) is 13.8. The molecule has 0 aromatic carbocycles. The van der Waals surface area contributed by atoms with Crippen molar-refractivity contribution in [3.05, 3.63) is 0 Å². The minimum Gasteiger partial charge on any atom is -0.375 e. The van der Waals surface area contributed by atoms with E-state index in [1.165, 1.54) is 0 Å². The van der Waals surface area contributed by atoms with Crippen molar-refractivity contribution in [2.24, 2.45) is 0 Å². The van der Waals surface area contributed by atoms with E-state index in [1.54, 1.807) is 0 Å². The summed E-state index contributed by atoms with van der Waals surface area (Å²) in [5.41, 5.74) is 0. The maximum atomic E-state index is 11.7. The first-order valence-electron chi connectivity index (χ1n) is 5.26. The Hall–Kier alpha value is -0.260. The van der Waals surface area contributed by atoms with Crippen molar-refractivity contribution < 1.29 is 13.5 Å². The number of likely N-dealkylation sites (N-methyl/N-ethyl adjacent to an activating group) is 1. The van der Waals surface area contributed by atoms with Crippen molar-refractivity contribution >= 4 is 0 Å². The van der Waals surface area contributed by atoms with Crippen molar-refractivity contribution in [1.82, 2.24) is 10.2 Å². The average Bonchev–Trinajstić information content (AvgIpc) is 2.09. The second-order valence-electron chi connectivity index (χ2n) is 3.94. The Morgan fingerprint density at radius 2 is 2.00 bits per heavy atom. The van der Waals surface area contributed by atoms with Crippen LogP contribution in [0.5, 0.6) is 0 Å². The molecule has 0 aromatic rings. The Morgan fingerprint density at radius 1 is 1.33 bits per heavy atom. The Morgan fingerprint density at radius 3 is 2.53 bits per heavy atom. The molecule has 0 fully saturated rings. The summed E-state index contributed by atoms with van der Waals surface area (Å²) in [6.45, 7) is 3.81. The zero-order valence-electron chi connectivity index (χ0n) is 9.80. The van der Waals surface area contributed by atoms with Crippen LogP contribution in [0.15, 0.2) is 0 Å². The van der Waals surface area contributed by atoms with E-state index >= 15 is 0 Å². The molecule has 0 aliphatic heterocycles. The molecule has 15 heavy (non-hydrogen) atoms. The third-order valence-corrected chi connectivity index (χ3v) is 1.84. The Kier molecular flexibility index (Phi) is 8.85. The van der Waals surface area contributed by atoms with E-state index in [4.69, 9.17) is 4.74 Å². The van der Waals surface area contributed by atoms with E-state index < -0.39 is 13.0 Å². The number of nitrogens with one attached hydrogen (secondary N) is 1. The maximum Gasteiger partial charge on any atom is 0.261 e. The van der Waals surface area contributed by atoms with Crippen LogP contribution in [0.2, 0.25) is 0 Å². The van der Waals surface area contributed by atoms with Gasteiger partial charge in [0.05, 0.1) is 0 Å². The van der Waals surface area contributed by atoms with Crippen LogP contribution in [-0.2, 0) is 4.74 Å². The summed E-state index contributed by atoms with van der Waals surface area (Å²) in [5.74, 6) is 0. The van der Waals surface area contributed by atoms with Crippen LogP contribution in [0, 0.1) is 0 Å². The lowest BCUT2D eigenvalue weighted by molar-refractivity contribution is 0.0167. The van der Waals surface area contributed by atoms with Gasteiger partial charge in [-0.15, -0.1) is 0 Å². The molecule has 1 N–H and O–H groups in total. The van der Waals surface area contributed by atoms with E-state index in [2.05, 4.69) is 17.1 Å². The SMILES string of the molecule is CC(CN(C)C)NCCCOCC(F)F. The summed E-state index contributed by atoms with van der Waals surface area (Å²) < 4.78 is 28.1. The summed E-state index contributed by atoms with van der Waals surface area (Å²) >= 11 is 0. The van der Waals surface area contributed by atoms with Crippen LogP contribution in [0.25, 0.3) is 0 Å². The Labute approximate surface area is 90.8 Å². The van der Waals surface area contributed by atoms with Crippen LogP contribution < -0.4 is 5.32 Å². The van der Waals surface area contributed by atoms with Gasteiger partial charge >= 0.3 is 0 Å². The summed E-state index contributed by atoms with van der Waals surface area (Å²) in [7, 11) is 4.04. The van der Waals surface area contributed by atoms with Crippen LogP contribution in [0.3, 0.4) is 0 Å². The van der Waals surface area contributed by atoms with Crippen molar-refractivity contribution in [2.75, 3.05) is 40.4 Å². The standard InChI is InChI=1S/C10H22F2N2O/c1-9(7-14(2)3)13-5-4-6-15-8-10(11)12/h9-10,13H,4-8H2,1-3H3. The molecule has 0 bridgehead atoms. The predicted octanol–water partition coefficient (Wildman–Crippen LogP) is 1.20. The van der Waals surface area contributed by atoms with Gasteiger partial charge in [0.15, 0.2) is 0 Å². The Bertz CT molecular complexity index is 145. The molecule has 0 aliphatic rings. The van der Waals surface area contributed by atoms with Crippen molar-refractivity contribution in [3.63, 3.8) is 0 Å². The summed E-state index contributed by atoms with van der Waals surface area (Å²) in [4.78, 5) is 2.10. The first-order chi connectivity index (χ1) is 7.02.